The zero-order valence-corrected chi connectivity index (χ0v) is 20.4. The van der Waals surface area contributed by atoms with E-state index in [-0.39, 0.29) is 29.1 Å². The Hall–Kier alpha value is -0.200. The predicted octanol–water partition coefficient (Wildman–Crippen LogP) is 3.88. The standard InChI is InChI=1S/C27H44O5/c1-15-23-21(32-27(15)10-9-24(2,30)14-31-27)13-20-18-6-5-16-11-17(28)12-22(29)26(16,4)19(18)7-8-25(20,23)3/h15-23,28-30H,5-14H2,1-4H3/t15-,16+,17+,18+,19-,20-,21-,22+,23-,24+,25-,26-,27+/m0/s1. The van der Waals surface area contributed by atoms with Gasteiger partial charge in [0.2, 0.25) is 0 Å². The Morgan fingerprint density at radius 2 is 1.66 bits per heavy atom. The molecule has 5 nitrogen and oxygen atoms in total. The highest BCUT2D eigenvalue weighted by atomic mass is 16.7. The SMILES string of the molecule is C[C@H]1[C@H]2[C@H](C[C@H]3[C@@H]4CC[C@@H]5C[C@@H](O)C[C@@H](O)[C@]5(C)[C@H]4CC[C@]23C)O[C@]12CC[C@@](C)(O)CO2. The fraction of sp³-hybridized carbons (Fsp3) is 1.00. The molecule has 4 saturated carbocycles. The average molecular weight is 449 g/mol. The van der Waals surface area contributed by atoms with Crippen LogP contribution in [0.2, 0.25) is 0 Å². The molecule has 6 rings (SSSR count). The number of ether oxygens (including phenoxy) is 2. The largest absolute Gasteiger partial charge is 0.393 e. The Labute approximate surface area is 193 Å². The van der Waals surface area contributed by atoms with Gasteiger partial charge in [-0.05, 0) is 98.7 Å². The molecule has 6 fully saturated rings. The minimum Gasteiger partial charge on any atom is -0.393 e. The van der Waals surface area contributed by atoms with Gasteiger partial charge in [-0.1, -0.05) is 20.8 Å². The van der Waals surface area contributed by atoms with Gasteiger partial charge in [-0.15, -0.1) is 0 Å². The quantitative estimate of drug-likeness (QED) is 0.524. The van der Waals surface area contributed by atoms with E-state index in [2.05, 4.69) is 20.8 Å². The number of aliphatic hydroxyl groups excluding tert-OH is 2. The van der Waals surface area contributed by atoms with Crippen LogP contribution in [0.1, 0.15) is 85.5 Å². The van der Waals surface area contributed by atoms with E-state index >= 15 is 0 Å². The Balaban J connectivity index is 1.26. The summed E-state index contributed by atoms with van der Waals surface area (Å²) in [5.41, 5.74) is -0.521. The highest BCUT2D eigenvalue weighted by molar-refractivity contribution is 5.16. The first kappa shape index (κ1) is 22.3. The molecule has 0 aromatic carbocycles. The van der Waals surface area contributed by atoms with Crippen molar-refractivity contribution < 1.29 is 24.8 Å². The second kappa shape index (κ2) is 6.94. The molecule has 182 valence electrons. The van der Waals surface area contributed by atoms with Crippen LogP contribution < -0.4 is 0 Å². The lowest BCUT2D eigenvalue weighted by Gasteiger charge is -2.62. The molecule has 0 aromatic rings. The maximum Gasteiger partial charge on any atom is 0.171 e. The number of aliphatic hydroxyl groups is 3. The van der Waals surface area contributed by atoms with Gasteiger partial charge in [0.25, 0.3) is 0 Å². The van der Waals surface area contributed by atoms with Crippen LogP contribution in [0.3, 0.4) is 0 Å². The van der Waals surface area contributed by atoms with Crippen molar-refractivity contribution in [1.82, 2.24) is 0 Å². The van der Waals surface area contributed by atoms with Crippen LogP contribution in [0.25, 0.3) is 0 Å². The van der Waals surface area contributed by atoms with Crippen molar-refractivity contribution in [2.75, 3.05) is 6.61 Å². The van der Waals surface area contributed by atoms with Gasteiger partial charge in [0, 0.05) is 12.3 Å². The minimum absolute atomic E-state index is 0.0487. The molecule has 6 aliphatic rings. The molecule has 2 saturated heterocycles. The average Bonchev–Trinajstić information content (AvgIpc) is 3.17. The van der Waals surface area contributed by atoms with Crippen LogP contribution in [-0.4, -0.2) is 51.6 Å². The Kier molecular flexibility index (Phi) is 4.83. The van der Waals surface area contributed by atoms with Gasteiger partial charge in [-0.25, -0.2) is 0 Å². The van der Waals surface area contributed by atoms with E-state index in [1.165, 1.54) is 19.3 Å². The van der Waals surface area contributed by atoms with E-state index in [9.17, 15) is 15.3 Å². The lowest BCUT2D eigenvalue weighted by Crippen LogP contribution is -2.59. The molecule has 0 radical (unpaired) electrons. The monoisotopic (exact) mass is 448 g/mol. The molecule has 3 N–H and O–H groups in total. The van der Waals surface area contributed by atoms with E-state index in [4.69, 9.17) is 9.47 Å². The number of fused-ring (bicyclic) bond motifs is 7. The van der Waals surface area contributed by atoms with Gasteiger partial charge < -0.3 is 24.8 Å². The first-order chi connectivity index (χ1) is 15.0. The number of hydrogen-bond donors (Lipinski definition) is 3. The minimum atomic E-state index is -0.737. The Morgan fingerprint density at radius 3 is 2.38 bits per heavy atom. The fourth-order valence-corrected chi connectivity index (χ4v) is 10.3. The van der Waals surface area contributed by atoms with Crippen molar-refractivity contribution in [2.45, 2.75) is 115 Å². The molecule has 0 unspecified atom stereocenters. The maximum absolute atomic E-state index is 11.2. The zero-order valence-electron chi connectivity index (χ0n) is 20.4. The van der Waals surface area contributed by atoms with Crippen LogP contribution >= 0.6 is 0 Å². The summed E-state index contributed by atoms with van der Waals surface area (Å²) in [5.74, 6) is 2.67. The first-order valence-corrected chi connectivity index (χ1v) is 13.4. The molecule has 4 aliphatic carbocycles. The van der Waals surface area contributed by atoms with Crippen LogP contribution in [0.15, 0.2) is 0 Å². The fourth-order valence-electron chi connectivity index (χ4n) is 10.3. The van der Waals surface area contributed by atoms with Crippen molar-refractivity contribution >= 4 is 0 Å². The summed E-state index contributed by atoms with van der Waals surface area (Å²) < 4.78 is 13.1. The van der Waals surface area contributed by atoms with Crippen LogP contribution in [0, 0.1) is 46.3 Å². The molecule has 2 heterocycles. The van der Waals surface area contributed by atoms with Gasteiger partial charge in [-0.3, -0.25) is 0 Å². The molecular weight excluding hydrogens is 404 g/mol. The van der Waals surface area contributed by atoms with Gasteiger partial charge in [0.15, 0.2) is 5.79 Å². The van der Waals surface area contributed by atoms with E-state index in [1.54, 1.807) is 0 Å². The molecular formula is C27H44O5. The number of rotatable bonds is 0. The molecule has 32 heavy (non-hydrogen) atoms. The van der Waals surface area contributed by atoms with Gasteiger partial charge in [-0.2, -0.15) is 0 Å². The molecule has 0 amide bonds. The summed E-state index contributed by atoms with van der Waals surface area (Å²) in [6, 6.07) is 0. The van der Waals surface area contributed by atoms with E-state index in [0.717, 1.165) is 32.1 Å². The summed E-state index contributed by atoms with van der Waals surface area (Å²) >= 11 is 0. The molecule has 5 heteroatoms. The topological polar surface area (TPSA) is 79.2 Å². The molecule has 0 bridgehead atoms. The summed E-state index contributed by atoms with van der Waals surface area (Å²) in [6.45, 7) is 9.46. The third-order valence-electron chi connectivity index (χ3n) is 12.0. The summed E-state index contributed by atoms with van der Waals surface area (Å²) in [6.07, 6.45) is 8.39. The smallest absolute Gasteiger partial charge is 0.171 e. The lowest BCUT2D eigenvalue weighted by molar-refractivity contribution is -0.294. The van der Waals surface area contributed by atoms with Gasteiger partial charge in [0.1, 0.15) is 0 Å². The third-order valence-corrected chi connectivity index (χ3v) is 12.0. The zero-order chi connectivity index (χ0) is 22.7. The lowest BCUT2D eigenvalue weighted by atomic mass is 9.43. The summed E-state index contributed by atoms with van der Waals surface area (Å²) in [7, 11) is 0. The molecule has 13 atom stereocenters. The first-order valence-electron chi connectivity index (χ1n) is 13.4. The van der Waals surface area contributed by atoms with Crippen molar-refractivity contribution in [2.24, 2.45) is 46.3 Å². The Bertz CT molecular complexity index is 757. The van der Waals surface area contributed by atoms with Gasteiger partial charge >= 0.3 is 0 Å². The second-order valence-electron chi connectivity index (χ2n) is 13.5. The van der Waals surface area contributed by atoms with Crippen molar-refractivity contribution in [3.63, 3.8) is 0 Å². The molecule has 2 aliphatic heterocycles. The van der Waals surface area contributed by atoms with Crippen LogP contribution in [-0.2, 0) is 9.47 Å². The van der Waals surface area contributed by atoms with Crippen LogP contribution in [0.4, 0.5) is 0 Å². The number of hydrogen-bond acceptors (Lipinski definition) is 5. The second-order valence-corrected chi connectivity index (χ2v) is 13.5. The van der Waals surface area contributed by atoms with Crippen molar-refractivity contribution in [3.05, 3.63) is 0 Å². The van der Waals surface area contributed by atoms with Crippen LogP contribution in [0.5, 0.6) is 0 Å². The molecule has 1 spiro atoms. The normalized spacial score (nSPS) is 64.0. The highest BCUT2D eigenvalue weighted by Gasteiger charge is 2.70. The molecule has 0 aromatic heterocycles. The van der Waals surface area contributed by atoms with Crippen molar-refractivity contribution in [1.29, 1.82) is 0 Å². The van der Waals surface area contributed by atoms with E-state index in [0.29, 0.717) is 48.5 Å². The Morgan fingerprint density at radius 1 is 0.875 bits per heavy atom. The van der Waals surface area contributed by atoms with Crippen molar-refractivity contribution in [3.8, 4) is 0 Å². The highest BCUT2D eigenvalue weighted by Crippen LogP contribution is 2.71. The summed E-state index contributed by atoms with van der Waals surface area (Å²) in [5, 5.41) is 31.9. The third kappa shape index (κ3) is 2.81. The predicted molar refractivity (Wildman–Crippen MR) is 121 cm³/mol. The van der Waals surface area contributed by atoms with E-state index in [1.807, 2.05) is 6.92 Å². The summed E-state index contributed by atoms with van der Waals surface area (Å²) in [4.78, 5) is 0. The van der Waals surface area contributed by atoms with E-state index < -0.39 is 11.4 Å². The van der Waals surface area contributed by atoms with Gasteiger partial charge in [0.05, 0.1) is 30.5 Å². The maximum atomic E-state index is 11.2.